The third-order valence-corrected chi connectivity index (χ3v) is 6.23. The normalized spacial score (nSPS) is 14.6. The molecule has 7 nitrogen and oxygen atoms in total. The number of hydrogen-bond acceptors (Lipinski definition) is 3. The minimum atomic E-state index is -0.392. The fraction of sp³-hybridized carbons (Fsp3) is 0.261. The van der Waals surface area contributed by atoms with Gasteiger partial charge < -0.3 is 20.5 Å². The van der Waals surface area contributed by atoms with E-state index in [-0.39, 0.29) is 17.7 Å². The number of hydrogen-bond donors (Lipinski definition) is 2. The standard InChI is InChI=1S/C23H23ClN4O3/c1-27-18-9-5-3-7-16(18)19(24)20(27)22(30)26-17-8-4-2-6-15(17)23(31)28-12-10-14(11-13-28)21(25)29/h2-9,14H,10-13H2,1H3,(H2,25,29)(H,26,30). The van der Waals surface area contributed by atoms with Crippen molar-refractivity contribution in [1.29, 1.82) is 0 Å². The van der Waals surface area contributed by atoms with Crippen molar-refractivity contribution in [3.8, 4) is 0 Å². The van der Waals surface area contributed by atoms with Gasteiger partial charge in [-0.15, -0.1) is 0 Å². The number of para-hydroxylation sites is 2. The van der Waals surface area contributed by atoms with Gasteiger partial charge in [0.25, 0.3) is 11.8 Å². The number of piperidine rings is 1. The number of rotatable bonds is 4. The first kappa shape index (κ1) is 20.9. The lowest BCUT2D eigenvalue weighted by atomic mass is 9.95. The number of primary amides is 1. The first-order chi connectivity index (χ1) is 14.9. The number of nitrogens with one attached hydrogen (secondary N) is 1. The number of benzene rings is 2. The molecule has 160 valence electrons. The molecule has 0 spiro atoms. The Bertz CT molecular complexity index is 1140. The van der Waals surface area contributed by atoms with E-state index in [9.17, 15) is 14.4 Å². The van der Waals surface area contributed by atoms with Gasteiger partial charge in [0.1, 0.15) is 5.69 Å². The average Bonchev–Trinajstić information content (AvgIpc) is 3.04. The zero-order chi connectivity index (χ0) is 22.1. The van der Waals surface area contributed by atoms with Crippen molar-refractivity contribution < 1.29 is 14.4 Å². The molecule has 1 fully saturated rings. The van der Waals surface area contributed by atoms with Crippen LogP contribution in [-0.2, 0) is 11.8 Å². The minimum Gasteiger partial charge on any atom is -0.369 e. The van der Waals surface area contributed by atoms with Gasteiger partial charge >= 0.3 is 0 Å². The number of fused-ring (bicyclic) bond motifs is 1. The van der Waals surface area contributed by atoms with Crippen LogP contribution in [0.5, 0.6) is 0 Å². The number of anilines is 1. The average molecular weight is 439 g/mol. The lowest BCUT2D eigenvalue weighted by molar-refractivity contribution is -0.123. The summed E-state index contributed by atoms with van der Waals surface area (Å²) in [6.07, 6.45) is 1.09. The van der Waals surface area contributed by atoms with E-state index in [4.69, 9.17) is 17.3 Å². The second kappa shape index (κ2) is 8.43. The van der Waals surface area contributed by atoms with Crippen LogP contribution in [0.1, 0.15) is 33.7 Å². The number of likely N-dealkylation sites (tertiary alicyclic amines) is 1. The van der Waals surface area contributed by atoms with E-state index >= 15 is 0 Å². The van der Waals surface area contributed by atoms with E-state index in [1.165, 1.54) is 0 Å². The van der Waals surface area contributed by atoms with Gasteiger partial charge in [0.05, 0.1) is 16.3 Å². The van der Waals surface area contributed by atoms with Gasteiger partial charge in [-0.1, -0.05) is 41.9 Å². The predicted molar refractivity (Wildman–Crippen MR) is 120 cm³/mol. The Kier molecular flexibility index (Phi) is 5.69. The largest absolute Gasteiger partial charge is 0.369 e. The number of nitrogens with zero attached hydrogens (tertiary/aromatic N) is 2. The zero-order valence-corrected chi connectivity index (χ0v) is 17.9. The first-order valence-corrected chi connectivity index (χ1v) is 10.5. The van der Waals surface area contributed by atoms with E-state index in [2.05, 4.69) is 5.32 Å². The summed E-state index contributed by atoms with van der Waals surface area (Å²) < 4.78 is 1.74. The van der Waals surface area contributed by atoms with Crippen molar-refractivity contribution in [3.63, 3.8) is 0 Å². The predicted octanol–water partition coefficient (Wildman–Crippen LogP) is 3.42. The van der Waals surface area contributed by atoms with Crippen molar-refractivity contribution in [1.82, 2.24) is 9.47 Å². The summed E-state index contributed by atoms with van der Waals surface area (Å²) in [7, 11) is 1.78. The maximum atomic E-state index is 13.1. The maximum Gasteiger partial charge on any atom is 0.273 e. The first-order valence-electron chi connectivity index (χ1n) is 10.1. The molecule has 0 unspecified atom stereocenters. The Morgan fingerprint density at radius 2 is 1.68 bits per heavy atom. The summed E-state index contributed by atoms with van der Waals surface area (Å²) in [6, 6.07) is 14.4. The van der Waals surface area contributed by atoms with E-state index in [0.717, 1.165) is 10.9 Å². The van der Waals surface area contributed by atoms with E-state index < -0.39 is 5.91 Å². The second-order valence-electron chi connectivity index (χ2n) is 7.71. The van der Waals surface area contributed by atoms with Crippen LogP contribution >= 0.6 is 11.6 Å². The van der Waals surface area contributed by atoms with Crippen molar-refractivity contribution in [2.75, 3.05) is 18.4 Å². The molecule has 0 radical (unpaired) electrons. The van der Waals surface area contributed by atoms with Gasteiger partial charge in [-0.3, -0.25) is 14.4 Å². The van der Waals surface area contributed by atoms with Crippen LogP contribution in [0.2, 0.25) is 5.02 Å². The molecule has 31 heavy (non-hydrogen) atoms. The Hall–Kier alpha value is -3.32. The third kappa shape index (κ3) is 3.88. The number of halogens is 1. The molecule has 2 heterocycles. The third-order valence-electron chi connectivity index (χ3n) is 5.85. The Morgan fingerprint density at radius 3 is 2.35 bits per heavy atom. The molecular weight excluding hydrogens is 416 g/mol. The second-order valence-corrected chi connectivity index (χ2v) is 8.09. The lowest BCUT2D eigenvalue weighted by Gasteiger charge is -2.31. The number of aromatic nitrogens is 1. The highest BCUT2D eigenvalue weighted by Crippen LogP contribution is 2.31. The number of aryl methyl sites for hydroxylation is 1. The topological polar surface area (TPSA) is 97.4 Å². The van der Waals surface area contributed by atoms with Gasteiger partial charge in [-0.2, -0.15) is 0 Å². The monoisotopic (exact) mass is 438 g/mol. The fourth-order valence-corrected chi connectivity index (χ4v) is 4.47. The van der Waals surface area contributed by atoms with E-state index in [1.54, 1.807) is 40.8 Å². The molecule has 8 heteroatoms. The highest BCUT2D eigenvalue weighted by Gasteiger charge is 2.28. The molecule has 0 atom stereocenters. The summed E-state index contributed by atoms with van der Waals surface area (Å²) in [4.78, 5) is 39.3. The van der Waals surface area contributed by atoms with Crippen LogP contribution in [0.4, 0.5) is 5.69 Å². The number of nitrogens with two attached hydrogens (primary N) is 1. The number of carbonyl (C=O) groups is 3. The molecule has 2 aromatic carbocycles. The van der Waals surface area contributed by atoms with Crippen LogP contribution in [0.3, 0.4) is 0 Å². The molecule has 1 aliphatic heterocycles. The highest BCUT2D eigenvalue weighted by molar-refractivity contribution is 6.39. The van der Waals surface area contributed by atoms with Gasteiger partial charge in [-0.25, -0.2) is 0 Å². The number of carbonyl (C=O) groups excluding carboxylic acids is 3. The Morgan fingerprint density at radius 1 is 1.03 bits per heavy atom. The molecule has 1 aliphatic rings. The maximum absolute atomic E-state index is 13.1. The smallest absolute Gasteiger partial charge is 0.273 e. The SMILES string of the molecule is Cn1c(C(=O)Nc2ccccc2C(=O)N2CCC(C(N)=O)CC2)c(Cl)c2ccccc21. The summed E-state index contributed by atoms with van der Waals surface area (Å²) in [5.74, 6) is -1.11. The number of amides is 3. The van der Waals surface area contributed by atoms with Crippen LogP contribution in [-0.4, -0.2) is 40.3 Å². The van der Waals surface area contributed by atoms with Crippen LogP contribution in [0.25, 0.3) is 10.9 Å². The van der Waals surface area contributed by atoms with Gasteiger partial charge in [-0.05, 0) is 31.0 Å². The molecule has 0 bridgehead atoms. The lowest BCUT2D eigenvalue weighted by Crippen LogP contribution is -2.42. The summed E-state index contributed by atoms with van der Waals surface area (Å²) >= 11 is 6.49. The molecule has 3 aromatic rings. The molecule has 4 rings (SSSR count). The highest BCUT2D eigenvalue weighted by atomic mass is 35.5. The molecule has 1 saturated heterocycles. The minimum absolute atomic E-state index is 0.193. The molecule has 3 N–H and O–H groups in total. The van der Waals surface area contributed by atoms with Crippen molar-refractivity contribution in [2.24, 2.45) is 18.7 Å². The summed E-state index contributed by atoms with van der Waals surface area (Å²) in [6.45, 7) is 0.896. The quantitative estimate of drug-likeness (QED) is 0.653. The molecule has 1 aromatic heterocycles. The fourth-order valence-electron chi connectivity index (χ4n) is 4.10. The molecular formula is C23H23ClN4O3. The van der Waals surface area contributed by atoms with Crippen molar-refractivity contribution in [2.45, 2.75) is 12.8 Å². The van der Waals surface area contributed by atoms with Crippen LogP contribution < -0.4 is 11.1 Å². The van der Waals surface area contributed by atoms with E-state index in [1.807, 2.05) is 24.3 Å². The van der Waals surface area contributed by atoms with Gasteiger partial charge in [0.2, 0.25) is 5.91 Å². The summed E-state index contributed by atoms with van der Waals surface area (Å²) in [5.41, 5.74) is 7.36. The Balaban J connectivity index is 1.58. The molecule has 0 aliphatic carbocycles. The van der Waals surface area contributed by atoms with Crippen molar-refractivity contribution >= 4 is 45.9 Å². The Labute approximate surface area is 184 Å². The molecule has 0 saturated carbocycles. The van der Waals surface area contributed by atoms with Gasteiger partial charge in [0, 0.05) is 37.0 Å². The van der Waals surface area contributed by atoms with E-state index in [0.29, 0.717) is 47.9 Å². The van der Waals surface area contributed by atoms with Crippen LogP contribution in [0.15, 0.2) is 48.5 Å². The summed E-state index contributed by atoms with van der Waals surface area (Å²) in [5, 5.41) is 4.01. The van der Waals surface area contributed by atoms with Crippen molar-refractivity contribution in [3.05, 3.63) is 64.8 Å². The van der Waals surface area contributed by atoms with Crippen LogP contribution in [0, 0.1) is 5.92 Å². The molecule has 3 amide bonds. The van der Waals surface area contributed by atoms with Gasteiger partial charge in [0.15, 0.2) is 0 Å². The zero-order valence-electron chi connectivity index (χ0n) is 17.1.